The maximum absolute atomic E-state index is 12.0. The third kappa shape index (κ3) is 7.84. The molecule has 0 saturated carbocycles. The van der Waals surface area contributed by atoms with Gasteiger partial charge in [-0.05, 0) is 30.5 Å². The molecule has 0 aliphatic heterocycles. The molecule has 8 heteroatoms. The highest BCUT2D eigenvalue weighted by Crippen LogP contribution is 2.26. The smallest absolute Gasteiger partial charge is 0.227 e. The molecule has 148 valence electrons. The zero-order chi connectivity index (χ0) is 19.0. The number of rotatable bonds is 7. The fourth-order valence-corrected chi connectivity index (χ4v) is 3.24. The van der Waals surface area contributed by atoms with Crippen LogP contribution in [0.5, 0.6) is 0 Å². The van der Waals surface area contributed by atoms with E-state index in [0.29, 0.717) is 24.7 Å². The molecule has 0 radical (unpaired) electrons. The normalized spacial score (nSPS) is 11.5. The Hall–Kier alpha value is -1.68. The molecule has 2 rings (SSSR count). The predicted octanol–water partition coefficient (Wildman–Crippen LogP) is 3.54. The first-order valence-electron chi connectivity index (χ1n) is 8.63. The molecule has 0 aliphatic carbocycles. The Morgan fingerprint density at radius 3 is 2.63 bits per heavy atom. The fraction of sp³-hybridized carbons (Fsp3) is 0.421. The van der Waals surface area contributed by atoms with E-state index >= 15 is 0 Å². The van der Waals surface area contributed by atoms with Crippen molar-refractivity contribution in [2.75, 3.05) is 25.5 Å². The molecular weight excluding hydrogens is 473 g/mol. The summed E-state index contributed by atoms with van der Waals surface area (Å²) >= 11 is 1.75. The van der Waals surface area contributed by atoms with Crippen LogP contribution in [-0.4, -0.2) is 37.0 Å². The summed E-state index contributed by atoms with van der Waals surface area (Å²) in [6, 6.07) is 9.76. The second kappa shape index (κ2) is 11.2. The molecule has 3 N–H and O–H groups in total. The third-order valence-electron chi connectivity index (χ3n) is 3.91. The first-order chi connectivity index (χ1) is 12.4. The van der Waals surface area contributed by atoms with Gasteiger partial charge in [-0.25, -0.2) is 4.98 Å². The number of guanidine groups is 1. The summed E-state index contributed by atoms with van der Waals surface area (Å²) < 4.78 is 0. The van der Waals surface area contributed by atoms with Gasteiger partial charge in [-0.2, -0.15) is 0 Å². The third-order valence-corrected chi connectivity index (χ3v) is 5.15. The number of nitrogens with zero attached hydrogens (tertiary/aromatic N) is 2. The molecule has 2 aromatic heterocycles. The summed E-state index contributed by atoms with van der Waals surface area (Å²) in [6.45, 7) is 7.54. The van der Waals surface area contributed by atoms with Crippen molar-refractivity contribution in [3.63, 3.8) is 0 Å². The molecule has 0 atom stereocenters. The topological polar surface area (TPSA) is 78.4 Å². The first-order valence-corrected chi connectivity index (χ1v) is 9.51. The number of pyridine rings is 1. The fourth-order valence-electron chi connectivity index (χ4n) is 2.39. The number of aliphatic imine (C=N–C) groups is 1. The number of carbonyl (C=O) groups is 1. The van der Waals surface area contributed by atoms with Gasteiger partial charge in [-0.1, -0.05) is 26.0 Å². The van der Waals surface area contributed by atoms with Crippen molar-refractivity contribution in [2.24, 2.45) is 4.99 Å². The van der Waals surface area contributed by atoms with Gasteiger partial charge in [0.15, 0.2) is 5.96 Å². The highest BCUT2D eigenvalue weighted by molar-refractivity contribution is 14.0. The zero-order valence-corrected chi connectivity index (χ0v) is 19.4. The van der Waals surface area contributed by atoms with Crippen LogP contribution in [0, 0.1) is 6.92 Å². The van der Waals surface area contributed by atoms with Crippen molar-refractivity contribution in [3.05, 3.63) is 46.3 Å². The molecule has 1 amide bonds. The van der Waals surface area contributed by atoms with Gasteiger partial charge in [0.1, 0.15) is 5.82 Å². The number of amides is 1. The molecule has 0 bridgehead atoms. The molecule has 0 fully saturated rings. The number of carbonyl (C=O) groups excluding carboxylic acids is 1. The number of aryl methyl sites for hydroxylation is 1. The van der Waals surface area contributed by atoms with Gasteiger partial charge >= 0.3 is 0 Å². The second-order valence-corrected chi connectivity index (χ2v) is 7.62. The first kappa shape index (κ1) is 23.4. The minimum Gasteiger partial charge on any atom is -0.356 e. The second-order valence-electron chi connectivity index (χ2n) is 6.68. The Balaban J connectivity index is 0.00000364. The lowest BCUT2D eigenvalue weighted by atomic mass is 9.91. The summed E-state index contributed by atoms with van der Waals surface area (Å²) in [7, 11) is 1.73. The van der Waals surface area contributed by atoms with Crippen LogP contribution in [0.1, 0.15) is 30.8 Å². The van der Waals surface area contributed by atoms with Crippen LogP contribution >= 0.6 is 35.3 Å². The van der Waals surface area contributed by atoms with Crippen molar-refractivity contribution in [3.8, 4) is 0 Å². The number of hydrogen-bond donors (Lipinski definition) is 3. The van der Waals surface area contributed by atoms with E-state index in [1.165, 1.54) is 4.88 Å². The van der Waals surface area contributed by atoms with Crippen molar-refractivity contribution < 1.29 is 4.79 Å². The van der Waals surface area contributed by atoms with Gasteiger partial charge in [0, 0.05) is 42.5 Å². The van der Waals surface area contributed by atoms with E-state index in [-0.39, 0.29) is 35.3 Å². The van der Waals surface area contributed by atoms with Gasteiger partial charge in [0.2, 0.25) is 5.91 Å². The standard InChI is InChI=1S/C19H27N5OS.HI/c1-14-7-5-9-16(23-14)24-17(25)10-11-21-18(20-4)22-13-19(2,3)15-8-6-12-26-15;/h5-9,12H,10-11,13H2,1-4H3,(H2,20,21,22)(H,23,24,25);1H. The molecule has 0 unspecified atom stereocenters. The number of thiophene rings is 1. The highest BCUT2D eigenvalue weighted by Gasteiger charge is 2.21. The molecule has 27 heavy (non-hydrogen) atoms. The molecule has 0 aromatic carbocycles. The average Bonchev–Trinajstić information content (AvgIpc) is 3.13. The van der Waals surface area contributed by atoms with Crippen LogP contribution in [0.25, 0.3) is 0 Å². The van der Waals surface area contributed by atoms with Gasteiger partial charge < -0.3 is 16.0 Å². The molecule has 0 saturated heterocycles. The predicted molar refractivity (Wildman–Crippen MR) is 124 cm³/mol. The van der Waals surface area contributed by atoms with Gasteiger partial charge in [0.05, 0.1) is 0 Å². The van der Waals surface area contributed by atoms with E-state index in [2.05, 4.69) is 57.3 Å². The van der Waals surface area contributed by atoms with E-state index < -0.39 is 0 Å². The van der Waals surface area contributed by atoms with Crippen molar-refractivity contribution in [1.82, 2.24) is 15.6 Å². The number of anilines is 1. The van der Waals surface area contributed by atoms with Crippen LogP contribution in [0.2, 0.25) is 0 Å². The largest absolute Gasteiger partial charge is 0.356 e. The number of hydrogen-bond acceptors (Lipinski definition) is 4. The van der Waals surface area contributed by atoms with E-state index in [1.54, 1.807) is 24.5 Å². The summed E-state index contributed by atoms with van der Waals surface area (Å²) in [5.74, 6) is 1.19. The van der Waals surface area contributed by atoms with Gasteiger partial charge in [-0.3, -0.25) is 9.79 Å². The maximum atomic E-state index is 12.0. The molecule has 6 nitrogen and oxygen atoms in total. The lowest BCUT2D eigenvalue weighted by Gasteiger charge is -2.25. The average molecular weight is 501 g/mol. The maximum Gasteiger partial charge on any atom is 0.227 e. The molecule has 2 aromatic rings. The van der Waals surface area contributed by atoms with E-state index in [0.717, 1.165) is 12.2 Å². The Morgan fingerprint density at radius 1 is 1.22 bits per heavy atom. The van der Waals surface area contributed by atoms with Crippen LogP contribution in [0.4, 0.5) is 5.82 Å². The summed E-state index contributed by atoms with van der Waals surface area (Å²) in [6.07, 6.45) is 0.338. The number of halogens is 1. The summed E-state index contributed by atoms with van der Waals surface area (Å²) in [4.78, 5) is 21.8. The monoisotopic (exact) mass is 501 g/mol. The van der Waals surface area contributed by atoms with Crippen LogP contribution < -0.4 is 16.0 Å². The van der Waals surface area contributed by atoms with Crippen molar-refractivity contribution in [2.45, 2.75) is 32.6 Å². The SMILES string of the molecule is CN=C(NCCC(=O)Nc1cccc(C)n1)NCC(C)(C)c1cccs1.I. The van der Waals surface area contributed by atoms with E-state index in [1.807, 2.05) is 19.1 Å². The van der Waals surface area contributed by atoms with E-state index in [4.69, 9.17) is 0 Å². The summed E-state index contributed by atoms with van der Waals surface area (Å²) in [5, 5.41) is 11.4. The molecule has 0 aliphatic rings. The lowest BCUT2D eigenvalue weighted by Crippen LogP contribution is -2.43. The lowest BCUT2D eigenvalue weighted by molar-refractivity contribution is -0.116. The summed E-state index contributed by atoms with van der Waals surface area (Å²) in [5.41, 5.74) is 0.888. The van der Waals surface area contributed by atoms with Crippen molar-refractivity contribution >= 4 is 53.0 Å². The Kier molecular flexibility index (Phi) is 9.71. The molecular formula is C19H28IN5OS. The number of aromatic nitrogens is 1. The molecule has 2 heterocycles. The highest BCUT2D eigenvalue weighted by atomic mass is 127. The molecule has 0 spiro atoms. The minimum atomic E-state index is -0.0787. The Bertz CT molecular complexity index is 746. The Labute approximate surface area is 182 Å². The van der Waals surface area contributed by atoms with Crippen LogP contribution in [0.3, 0.4) is 0 Å². The van der Waals surface area contributed by atoms with Gasteiger partial charge in [0.25, 0.3) is 0 Å². The van der Waals surface area contributed by atoms with Crippen molar-refractivity contribution in [1.29, 1.82) is 0 Å². The quantitative estimate of drug-likeness (QED) is 0.308. The van der Waals surface area contributed by atoms with Gasteiger partial charge in [-0.15, -0.1) is 35.3 Å². The minimum absolute atomic E-state index is 0. The Morgan fingerprint density at radius 2 is 2.00 bits per heavy atom. The van der Waals surface area contributed by atoms with Crippen LogP contribution in [-0.2, 0) is 10.2 Å². The zero-order valence-electron chi connectivity index (χ0n) is 16.2. The number of nitrogens with one attached hydrogen (secondary N) is 3. The van der Waals surface area contributed by atoms with Crippen LogP contribution in [0.15, 0.2) is 40.7 Å². The van der Waals surface area contributed by atoms with E-state index in [9.17, 15) is 4.79 Å².